The van der Waals surface area contributed by atoms with Crippen molar-refractivity contribution in [1.29, 1.82) is 0 Å². The Kier molecular flexibility index (Phi) is 3.82. The quantitative estimate of drug-likeness (QED) is 0.384. The first-order chi connectivity index (χ1) is 10.7. The summed E-state index contributed by atoms with van der Waals surface area (Å²) in [5.41, 5.74) is 5.40. The van der Waals surface area contributed by atoms with Crippen LogP contribution in [0.3, 0.4) is 0 Å². The second-order valence-corrected chi connectivity index (χ2v) is 4.75. The molecule has 4 N–H and O–H groups in total. The molecule has 2 aromatic heterocycles. The number of benzene rings is 1. The molecule has 2 aliphatic carbocycles. The smallest absolute Gasteiger partial charge is 0.319 e. The Morgan fingerprint density at radius 1 is 1.00 bits per heavy atom. The molecule has 2 aromatic rings. The molecule has 0 atom stereocenters. The largest absolute Gasteiger partial charge is 0.479 e. The molecule has 0 aromatic carbocycles. The molecule has 2 aliphatic rings. The molecule has 0 saturated carbocycles. The predicted octanol–water partition coefficient (Wildman–Crippen LogP) is 2.25. The highest BCUT2D eigenvalue weighted by molar-refractivity contribution is 6.32. The maximum atomic E-state index is 9.25. The number of fused-ring (bicyclic) bond motifs is 1. The average molecular weight is 315 g/mol. The Balaban J connectivity index is 0.000000196. The Morgan fingerprint density at radius 3 is 2.18 bits per heavy atom. The van der Waals surface area contributed by atoms with Crippen molar-refractivity contribution >= 4 is 17.5 Å². The van der Waals surface area contributed by atoms with E-state index in [0.717, 1.165) is 0 Å². The van der Waals surface area contributed by atoms with Gasteiger partial charge in [-0.1, -0.05) is 35.9 Å². The van der Waals surface area contributed by atoms with E-state index in [1.807, 2.05) is 0 Å². The Labute approximate surface area is 130 Å². The van der Waals surface area contributed by atoms with Gasteiger partial charge in [-0.05, 0) is 23.3 Å². The van der Waals surface area contributed by atoms with Crippen molar-refractivity contribution in [3.8, 4) is 28.7 Å². The third kappa shape index (κ3) is 2.80. The summed E-state index contributed by atoms with van der Waals surface area (Å²) in [6, 6.07) is 11.3. The third-order valence-electron chi connectivity index (χ3n) is 2.94. The molecule has 110 valence electrons. The van der Waals surface area contributed by atoms with E-state index in [-0.39, 0.29) is 11.8 Å². The van der Waals surface area contributed by atoms with Gasteiger partial charge in [-0.15, -0.1) is 0 Å². The van der Waals surface area contributed by atoms with E-state index >= 15 is 0 Å². The maximum absolute atomic E-state index is 9.25. The van der Waals surface area contributed by atoms with Gasteiger partial charge in [-0.25, -0.2) is 5.84 Å². The van der Waals surface area contributed by atoms with Crippen LogP contribution in [0.1, 0.15) is 0 Å². The zero-order valence-electron chi connectivity index (χ0n) is 11.2. The number of nitrogen functional groups attached to an aromatic ring is 1. The second kappa shape index (κ2) is 5.92. The minimum atomic E-state index is -0.459. The van der Waals surface area contributed by atoms with Crippen LogP contribution in [0.4, 0.5) is 5.95 Å². The van der Waals surface area contributed by atoms with Crippen LogP contribution in [0.5, 0.6) is 6.01 Å². The first-order valence-electron chi connectivity index (χ1n) is 6.30. The van der Waals surface area contributed by atoms with Gasteiger partial charge >= 0.3 is 6.01 Å². The van der Waals surface area contributed by atoms with Crippen molar-refractivity contribution in [3.05, 3.63) is 47.6 Å². The highest BCUT2D eigenvalue weighted by Gasteiger charge is 2.11. The molecule has 22 heavy (non-hydrogen) atoms. The number of rotatable bonds is 2. The van der Waals surface area contributed by atoms with E-state index < -0.39 is 6.01 Å². The summed E-state index contributed by atoms with van der Waals surface area (Å²) >= 11 is 5.91. The van der Waals surface area contributed by atoms with Crippen molar-refractivity contribution < 1.29 is 5.11 Å². The number of hydrogen-bond acceptors (Lipinski definition) is 7. The molecule has 7 nitrogen and oxygen atoms in total. The lowest BCUT2D eigenvalue weighted by atomic mass is 9.95. The lowest BCUT2D eigenvalue weighted by Gasteiger charge is -2.10. The van der Waals surface area contributed by atoms with Crippen LogP contribution in [-0.4, -0.2) is 25.0 Å². The number of aromatic nitrogens is 4. The van der Waals surface area contributed by atoms with Crippen molar-refractivity contribution in [2.45, 2.75) is 0 Å². The van der Waals surface area contributed by atoms with Crippen LogP contribution in [0.25, 0.3) is 22.6 Å². The van der Waals surface area contributed by atoms with Gasteiger partial charge in [0.05, 0.1) is 5.02 Å². The zero-order valence-corrected chi connectivity index (χ0v) is 12.0. The van der Waals surface area contributed by atoms with E-state index in [1.54, 1.807) is 12.1 Å². The lowest BCUT2D eigenvalue weighted by molar-refractivity contribution is 0.429. The molecule has 4 rings (SSSR count). The van der Waals surface area contributed by atoms with Crippen LogP contribution < -0.4 is 11.3 Å². The monoisotopic (exact) mass is 314 g/mol. The van der Waals surface area contributed by atoms with Crippen LogP contribution in [0.2, 0.25) is 5.02 Å². The Hall–Kier alpha value is -2.77. The lowest BCUT2D eigenvalue weighted by Crippen LogP contribution is -2.11. The first kappa shape index (κ1) is 14.2. The number of pyridine rings is 1. The molecular formula is C14H11ClN6O. The predicted molar refractivity (Wildman–Crippen MR) is 83.0 cm³/mol. The number of hydrogen-bond donors (Lipinski definition) is 3. The van der Waals surface area contributed by atoms with E-state index in [9.17, 15) is 5.11 Å². The molecule has 8 heteroatoms. The highest BCUT2D eigenvalue weighted by atomic mass is 35.5. The maximum Gasteiger partial charge on any atom is 0.319 e. The summed E-state index contributed by atoms with van der Waals surface area (Å²) in [5.74, 6) is 5.31. The Morgan fingerprint density at radius 2 is 1.68 bits per heavy atom. The zero-order chi connectivity index (χ0) is 15.5. The van der Waals surface area contributed by atoms with Crippen LogP contribution in [-0.2, 0) is 0 Å². The van der Waals surface area contributed by atoms with E-state index in [4.69, 9.17) is 17.4 Å². The number of aromatic hydroxyl groups is 1. The highest BCUT2D eigenvalue weighted by Crippen LogP contribution is 2.29. The number of halogens is 1. The van der Waals surface area contributed by atoms with Gasteiger partial charge in [0.15, 0.2) is 5.82 Å². The minimum absolute atomic E-state index is 0.0317. The van der Waals surface area contributed by atoms with Crippen molar-refractivity contribution in [3.63, 3.8) is 0 Å². The summed E-state index contributed by atoms with van der Waals surface area (Å²) in [6.07, 6.45) is 1.54. The molecule has 0 unspecified atom stereocenters. The molecule has 2 heterocycles. The van der Waals surface area contributed by atoms with Crippen molar-refractivity contribution in [2.24, 2.45) is 5.84 Å². The fraction of sp³-hybridized carbons (Fsp3) is 0. The molecule has 0 spiro atoms. The van der Waals surface area contributed by atoms with Gasteiger partial charge in [0.2, 0.25) is 5.95 Å². The molecular weight excluding hydrogens is 304 g/mol. The molecule has 0 saturated heterocycles. The van der Waals surface area contributed by atoms with E-state index in [1.165, 1.54) is 17.3 Å². The Bertz CT molecular complexity index is 788. The van der Waals surface area contributed by atoms with Gasteiger partial charge in [-0.2, -0.15) is 15.0 Å². The van der Waals surface area contributed by atoms with Gasteiger partial charge in [0.25, 0.3) is 0 Å². The summed E-state index contributed by atoms with van der Waals surface area (Å²) in [6.45, 7) is 0. The normalized spacial score (nSPS) is 10.5. The topological polar surface area (TPSA) is 110 Å². The van der Waals surface area contributed by atoms with Crippen LogP contribution >= 0.6 is 11.6 Å². The van der Waals surface area contributed by atoms with Gasteiger partial charge < -0.3 is 5.11 Å². The van der Waals surface area contributed by atoms with Crippen molar-refractivity contribution in [1.82, 2.24) is 19.9 Å². The fourth-order valence-electron chi connectivity index (χ4n) is 1.75. The summed E-state index contributed by atoms with van der Waals surface area (Å²) in [5, 5.41) is 9.62. The van der Waals surface area contributed by atoms with E-state index in [2.05, 4.69) is 49.6 Å². The molecule has 0 bridgehead atoms. The van der Waals surface area contributed by atoms with Gasteiger partial charge in [0, 0.05) is 6.20 Å². The molecule has 0 amide bonds. The summed E-state index contributed by atoms with van der Waals surface area (Å²) < 4.78 is 0. The molecule has 0 fully saturated rings. The van der Waals surface area contributed by atoms with Gasteiger partial charge in [-0.3, -0.25) is 10.4 Å². The standard InChI is InChI=1S/C8H7ClN6O.C6H4/c9-4-2-1-3-11-5(4)6-12-7(15-10)14-8(16)13-6;1-2-6-4-3-5(1)6/h1-3H,10H2,(H2,12,13,14,15,16);1-4H. The number of anilines is 1. The fourth-order valence-corrected chi connectivity index (χ4v) is 1.95. The SMILES string of the molecule is NNc1nc(O)nc(-c2ncccc2Cl)n1.c1cc2ccc1-2. The number of hydrazine groups is 1. The van der Waals surface area contributed by atoms with Crippen LogP contribution in [0.15, 0.2) is 42.6 Å². The van der Waals surface area contributed by atoms with E-state index in [0.29, 0.717) is 10.7 Å². The van der Waals surface area contributed by atoms with Gasteiger partial charge in [0.1, 0.15) is 5.69 Å². The number of nitrogens with one attached hydrogen (secondary N) is 1. The number of nitrogens with two attached hydrogens (primary N) is 1. The summed E-state index contributed by atoms with van der Waals surface area (Å²) in [7, 11) is 0. The number of nitrogens with zero attached hydrogens (tertiary/aromatic N) is 4. The third-order valence-corrected chi connectivity index (χ3v) is 3.25. The van der Waals surface area contributed by atoms with Crippen molar-refractivity contribution in [2.75, 3.05) is 5.43 Å². The first-order valence-corrected chi connectivity index (χ1v) is 6.68. The molecule has 0 aliphatic heterocycles. The summed E-state index contributed by atoms with van der Waals surface area (Å²) in [4.78, 5) is 15.2. The minimum Gasteiger partial charge on any atom is -0.479 e. The molecule has 0 radical (unpaired) electrons. The van der Waals surface area contributed by atoms with Crippen LogP contribution in [0, 0.1) is 0 Å². The average Bonchev–Trinajstić information content (AvgIpc) is 2.51. The second-order valence-electron chi connectivity index (χ2n) is 4.34.